The predicted molar refractivity (Wildman–Crippen MR) is 110 cm³/mol. The zero-order valence-corrected chi connectivity index (χ0v) is 16.9. The van der Waals surface area contributed by atoms with Gasteiger partial charge in [0.1, 0.15) is 5.75 Å². The Labute approximate surface area is 161 Å². The molecule has 0 radical (unpaired) electrons. The van der Waals surface area contributed by atoms with Crippen LogP contribution in [0.15, 0.2) is 40.9 Å². The normalized spacial score (nSPS) is 10.1. The molecule has 0 aliphatic heterocycles. The number of nitrogens with zero attached hydrogens (tertiary/aromatic N) is 1. The molecule has 0 aliphatic rings. The van der Waals surface area contributed by atoms with Crippen molar-refractivity contribution in [3.05, 3.63) is 52.0 Å². The number of thiocarbonyl (C=S) groups is 1. The lowest BCUT2D eigenvalue weighted by Crippen LogP contribution is -2.34. The summed E-state index contributed by atoms with van der Waals surface area (Å²) in [6, 6.07) is 11.3. The number of amides is 1. The van der Waals surface area contributed by atoms with Crippen LogP contribution in [0.1, 0.15) is 15.9 Å². The fourth-order valence-corrected chi connectivity index (χ4v) is 3.13. The third-order valence-electron chi connectivity index (χ3n) is 3.56. The highest BCUT2D eigenvalue weighted by atomic mass is 79.9. The third kappa shape index (κ3) is 4.93. The smallest absolute Gasteiger partial charge is 0.261 e. The Balaban J connectivity index is 2.09. The molecule has 0 fully saturated rings. The van der Waals surface area contributed by atoms with Gasteiger partial charge >= 0.3 is 0 Å². The lowest BCUT2D eigenvalue weighted by molar-refractivity contribution is 0.0974. The number of anilines is 2. The van der Waals surface area contributed by atoms with E-state index in [1.807, 2.05) is 56.3 Å². The van der Waals surface area contributed by atoms with E-state index in [0.717, 1.165) is 21.4 Å². The van der Waals surface area contributed by atoms with Crippen molar-refractivity contribution in [2.45, 2.75) is 6.92 Å². The van der Waals surface area contributed by atoms with Gasteiger partial charge in [0.25, 0.3) is 5.91 Å². The van der Waals surface area contributed by atoms with Crippen LogP contribution in [-0.4, -0.2) is 32.2 Å². The molecule has 2 rings (SSSR count). The lowest BCUT2D eigenvalue weighted by Gasteiger charge is -2.15. The Kier molecular flexibility index (Phi) is 6.39. The molecule has 132 valence electrons. The summed E-state index contributed by atoms with van der Waals surface area (Å²) in [6.45, 7) is 1.88. The van der Waals surface area contributed by atoms with Crippen LogP contribution in [0.4, 0.5) is 11.4 Å². The molecule has 0 heterocycles. The molecule has 0 saturated heterocycles. The summed E-state index contributed by atoms with van der Waals surface area (Å²) in [5.74, 6) is 0.197. The van der Waals surface area contributed by atoms with E-state index >= 15 is 0 Å². The topological polar surface area (TPSA) is 53.6 Å². The van der Waals surface area contributed by atoms with Gasteiger partial charge in [0.05, 0.1) is 12.7 Å². The monoisotopic (exact) mass is 421 g/mol. The van der Waals surface area contributed by atoms with E-state index in [1.54, 1.807) is 6.07 Å². The Hall–Kier alpha value is -2.12. The van der Waals surface area contributed by atoms with E-state index in [2.05, 4.69) is 26.6 Å². The van der Waals surface area contributed by atoms with Crippen LogP contribution < -0.4 is 20.3 Å². The van der Waals surface area contributed by atoms with Crippen LogP contribution in [0, 0.1) is 6.92 Å². The van der Waals surface area contributed by atoms with Gasteiger partial charge in [-0.2, -0.15) is 0 Å². The predicted octanol–water partition coefficient (Wildman–Crippen LogP) is 3.96. The van der Waals surface area contributed by atoms with Crippen LogP contribution in [0.2, 0.25) is 0 Å². The number of benzene rings is 2. The first kappa shape index (κ1) is 19.2. The van der Waals surface area contributed by atoms with E-state index in [4.69, 9.17) is 17.0 Å². The largest absolute Gasteiger partial charge is 0.496 e. The van der Waals surface area contributed by atoms with Crippen LogP contribution >= 0.6 is 28.1 Å². The van der Waals surface area contributed by atoms with Gasteiger partial charge in [-0.25, -0.2) is 0 Å². The quantitative estimate of drug-likeness (QED) is 0.731. The summed E-state index contributed by atoms with van der Waals surface area (Å²) < 4.78 is 6.14. The number of halogens is 1. The zero-order chi connectivity index (χ0) is 18.6. The molecule has 7 heteroatoms. The van der Waals surface area contributed by atoms with E-state index in [9.17, 15) is 4.79 Å². The number of aryl methyl sites for hydroxylation is 1. The lowest BCUT2D eigenvalue weighted by atomic mass is 10.1. The van der Waals surface area contributed by atoms with Gasteiger partial charge in [0.2, 0.25) is 0 Å². The highest BCUT2D eigenvalue weighted by molar-refractivity contribution is 9.10. The molecule has 0 saturated carbocycles. The van der Waals surface area contributed by atoms with Crippen LogP contribution in [0.5, 0.6) is 5.75 Å². The Morgan fingerprint density at radius 1 is 1.20 bits per heavy atom. The Bertz CT molecular complexity index is 792. The van der Waals surface area contributed by atoms with Crippen molar-refractivity contribution in [3.8, 4) is 5.75 Å². The second kappa shape index (κ2) is 8.31. The zero-order valence-electron chi connectivity index (χ0n) is 14.5. The second-order valence-electron chi connectivity index (χ2n) is 5.65. The van der Waals surface area contributed by atoms with Crippen LogP contribution in [0.3, 0.4) is 0 Å². The highest BCUT2D eigenvalue weighted by Crippen LogP contribution is 2.27. The molecule has 0 aliphatic carbocycles. The average Bonchev–Trinajstić information content (AvgIpc) is 2.54. The van der Waals surface area contributed by atoms with E-state index in [0.29, 0.717) is 11.3 Å². The summed E-state index contributed by atoms with van der Waals surface area (Å²) in [4.78, 5) is 14.5. The summed E-state index contributed by atoms with van der Waals surface area (Å²) in [5.41, 5.74) is 3.16. The molecule has 2 aromatic rings. The maximum absolute atomic E-state index is 12.5. The van der Waals surface area contributed by atoms with Crippen molar-refractivity contribution in [2.75, 3.05) is 31.4 Å². The molecular formula is C18H20BrN3O2S. The van der Waals surface area contributed by atoms with Gasteiger partial charge in [0, 0.05) is 29.9 Å². The maximum atomic E-state index is 12.5. The first-order chi connectivity index (χ1) is 11.8. The SMILES string of the molecule is COc1c(C)cc(Br)cc1C(=O)NC(=S)Nc1ccc(N(C)C)cc1. The molecule has 2 N–H and O–H groups in total. The fraction of sp³-hybridized carbons (Fsp3) is 0.222. The van der Waals surface area contributed by atoms with E-state index < -0.39 is 0 Å². The fourth-order valence-electron chi connectivity index (χ4n) is 2.35. The highest BCUT2D eigenvalue weighted by Gasteiger charge is 2.16. The molecule has 2 aromatic carbocycles. The van der Waals surface area contributed by atoms with Crippen molar-refractivity contribution >= 4 is 50.5 Å². The number of carbonyl (C=O) groups is 1. The summed E-state index contributed by atoms with van der Waals surface area (Å²) >= 11 is 8.63. The molecule has 0 bridgehead atoms. The maximum Gasteiger partial charge on any atom is 0.261 e. The van der Waals surface area contributed by atoms with Gasteiger partial charge in [-0.1, -0.05) is 15.9 Å². The molecule has 0 aromatic heterocycles. The molecule has 5 nitrogen and oxygen atoms in total. The standard InChI is InChI=1S/C18H20BrN3O2S/c1-11-9-12(19)10-15(16(11)24-4)17(23)21-18(25)20-13-5-7-14(8-6-13)22(2)3/h5-10H,1-4H3,(H2,20,21,23,25). The molecule has 0 spiro atoms. The van der Waals surface area contributed by atoms with Gasteiger partial charge < -0.3 is 15.0 Å². The summed E-state index contributed by atoms with van der Waals surface area (Å²) in [6.07, 6.45) is 0. The number of methoxy groups -OCH3 is 1. The first-order valence-electron chi connectivity index (χ1n) is 7.55. The Morgan fingerprint density at radius 2 is 1.84 bits per heavy atom. The molecular weight excluding hydrogens is 402 g/mol. The first-order valence-corrected chi connectivity index (χ1v) is 8.75. The third-order valence-corrected chi connectivity index (χ3v) is 4.22. The molecule has 25 heavy (non-hydrogen) atoms. The van der Waals surface area contributed by atoms with Gasteiger partial charge in [0.15, 0.2) is 5.11 Å². The second-order valence-corrected chi connectivity index (χ2v) is 6.98. The van der Waals surface area contributed by atoms with E-state index in [1.165, 1.54) is 7.11 Å². The van der Waals surface area contributed by atoms with E-state index in [-0.39, 0.29) is 11.0 Å². The Morgan fingerprint density at radius 3 is 2.40 bits per heavy atom. The number of ether oxygens (including phenoxy) is 1. The van der Waals surface area contributed by atoms with Gasteiger partial charge in [-0.05, 0) is 61.1 Å². The summed E-state index contributed by atoms with van der Waals surface area (Å²) in [7, 11) is 5.48. The minimum absolute atomic E-state index is 0.224. The van der Waals surface area contributed by atoms with Crippen molar-refractivity contribution in [2.24, 2.45) is 0 Å². The van der Waals surface area contributed by atoms with Crippen LogP contribution in [0.25, 0.3) is 0 Å². The van der Waals surface area contributed by atoms with Crippen LogP contribution in [-0.2, 0) is 0 Å². The number of rotatable bonds is 4. The molecule has 0 atom stereocenters. The van der Waals surface area contributed by atoms with Crippen molar-refractivity contribution in [1.29, 1.82) is 0 Å². The minimum Gasteiger partial charge on any atom is -0.496 e. The average molecular weight is 422 g/mol. The van der Waals surface area contributed by atoms with Gasteiger partial charge in [-0.3, -0.25) is 10.1 Å². The number of carbonyl (C=O) groups excluding carboxylic acids is 1. The number of hydrogen-bond donors (Lipinski definition) is 2. The molecule has 0 unspecified atom stereocenters. The number of hydrogen-bond acceptors (Lipinski definition) is 4. The van der Waals surface area contributed by atoms with Crippen molar-refractivity contribution in [3.63, 3.8) is 0 Å². The minimum atomic E-state index is -0.330. The van der Waals surface area contributed by atoms with Gasteiger partial charge in [-0.15, -0.1) is 0 Å². The summed E-state index contributed by atoms with van der Waals surface area (Å²) in [5, 5.41) is 5.91. The van der Waals surface area contributed by atoms with Crippen molar-refractivity contribution in [1.82, 2.24) is 5.32 Å². The number of nitrogens with one attached hydrogen (secondary N) is 2. The molecule has 1 amide bonds. The van der Waals surface area contributed by atoms with Crippen molar-refractivity contribution < 1.29 is 9.53 Å².